The number of hydrogen-bond acceptors (Lipinski definition) is 9. The summed E-state index contributed by atoms with van der Waals surface area (Å²) in [5, 5.41) is 30.9. The Balaban J connectivity index is 2.70. The summed E-state index contributed by atoms with van der Waals surface area (Å²) in [5.74, 6) is -3.58. The van der Waals surface area contributed by atoms with E-state index in [-0.39, 0.29) is 35.6 Å². The van der Waals surface area contributed by atoms with E-state index in [1.807, 2.05) is 27.7 Å². The minimum absolute atomic E-state index is 0.0812. The molecule has 2 aliphatic heterocycles. The van der Waals surface area contributed by atoms with E-state index in [4.69, 9.17) is 14.3 Å². The summed E-state index contributed by atoms with van der Waals surface area (Å²) in [4.78, 5) is 32.9. The number of rotatable bonds is 4. The zero-order valence-corrected chi connectivity index (χ0v) is 26.0. The first-order valence-corrected chi connectivity index (χ1v) is 14.6. The van der Waals surface area contributed by atoms with E-state index in [1.165, 1.54) is 6.92 Å². The molecule has 0 amide bonds. The van der Waals surface area contributed by atoms with Crippen LogP contribution >= 0.6 is 0 Å². The summed E-state index contributed by atoms with van der Waals surface area (Å²) in [6, 6.07) is 0. The highest BCUT2D eigenvalue weighted by molar-refractivity contribution is 6.00. The number of carbonyl (C=O) groups is 2. The maximum absolute atomic E-state index is 13.7. The number of aliphatic hydroxyl groups is 2. The van der Waals surface area contributed by atoms with Gasteiger partial charge in [0.1, 0.15) is 29.5 Å². The SMILES string of the molecule is CC[C@H]1OC(=O)[C@H](C)C(=O)[C@H](C)[C@@H](C(C)(C)C)[C@](C)(OC)C[C@@H](C)C(=NOC2CCNC2)[C@H](C)[C@@H](O)[C@]1(C)O. The predicted molar refractivity (Wildman–Crippen MR) is 151 cm³/mol. The van der Waals surface area contributed by atoms with E-state index >= 15 is 0 Å². The molecule has 0 aromatic rings. The summed E-state index contributed by atoms with van der Waals surface area (Å²) in [6.45, 7) is 20.3. The van der Waals surface area contributed by atoms with Crippen molar-refractivity contribution >= 4 is 17.5 Å². The van der Waals surface area contributed by atoms with Gasteiger partial charge in [-0.05, 0) is 45.6 Å². The number of cyclic esters (lactones) is 1. The molecular formula is C30H54N2O7. The van der Waals surface area contributed by atoms with Gasteiger partial charge in [0.25, 0.3) is 0 Å². The number of methoxy groups -OCH3 is 1. The third-order valence-electron chi connectivity index (χ3n) is 9.15. The van der Waals surface area contributed by atoms with Crippen molar-refractivity contribution in [3.8, 4) is 0 Å². The lowest BCUT2D eigenvalue weighted by Gasteiger charge is -2.49. The highest BCUT2D eigenvalue weighted by Gasteiger charge is 2.51. The molecule has 39 heavy (non-hydrogen) atoms. The molecule has 2 rings (SSSR count). The summed E-state index contributed by atoms with van der Waals surface area (Å²) in [6.07, 6.45) is -0.840. The predicted octanol–water partition coefficient (Wildman–Crippen LogP) is 3.74. The van der Waals surface area contributed by atoms with Gasteiger partial charge >= 0.3 is 5.97 Å². The zero-order valence-electron chi connectivity index (χ0n) is 26.0. The maximum atomic E-state index is 13.7. The number of ketones is 1. The largest absolute Gasteiger partial charge is 0.459 e. The number of esters is 1. The molecule has 0 saturated carbocycles. The summed E-state index contributed by atoms with van der Waals surface area (Å²) < 4.78 is 11.9. The summed E-state index contributed by atoms with van der Waals surface area (Å²) in [5.41, 5.74) is -2.33. The monoisotopic (exact) mass is 554 g/mol. The maximum Gasteiger partial charge on any atom is 0.316 e. The molecule has 9 nitrogen and oxygen atoms in total. The van der Waals surface area contributed by atoms with Crippen molar-refractivity contribution in [3.63, 3.8) is 0 Å². The fraction of sp³-hybridized carbons (Fsp3) is 0.900. The van der Waals surface area contributed by atoms with E-state index in [2.05, 4.69) is 31.2 Å². The number of aliphatic hydroxyl groups excluding tert-OH is 1. The van der Waals surface area contributed by atoms with Gasteiger partial charge in [-0.15, -0.1) is 0 Å². The standard InChI is InChI=1S/C30H54N2O7/c1-12-22-30(10,36)26(34)18(3)23(32-39-21-13-14-31-16-21)17(2)15-29(9,37-11)25(28(6,7)8)19(4)24(33)20(5)27(35)38-22/h17-22,25-26,31,34,36H,12-16H2,1-11H3/t17-,18+,19+,20-,21?,22-,25+,26-,29-,30-/m1/s1. The van der Waals surface area contributed by atoms with Gasteiger partial charge in [-0.1, -0.05) is 53.6 Å². The second-order valence-corrected chi connectivity index (χ2v) is 13.4. The minimum atomic E-state index is -1.80. The van der Waals surface area contributed by atoms with Crippen LogP contribution in [0, 0.1) is 35.0 Å². The topological polar surface area (TPSA) is 127 Å². The van der Waals surface area contributed by atoms with Crippen LogP contribution in [0.1, 0.15) is 88.5 Å². The molecule has 10 atom stereocenters. The Labute approximate surface area is 235 Å². The molecule has 2 heterocycles. The lowest BCUT2D eigenvalue weighted by atomic mass is 9.61. The van der Waals surface area contributed by atoms with Crippen molar-refractivity contribution in [3.05, 3.63) is 0 Å². The first-order valence-electron chi connectivity index (χ1n) is 14.6. The molecule has 0 bridgehead atoms. The number of Topliss-reactive ketones (excluding diaryl/α,β-unsaturated/α-hetero) is 1. The fourth-order valence-electron chi connectivity index (χ4n) is 7.11. The first kappa shape index (κ1) is 33.7. The Hall–Kier alpha value is -1.55. The molecule has 2 fully saturated rings. The van der Waals surface area contributed by atoms with Crippen LogP contribution in [0.15, 0.2) is 5.16 Å². The Kier molecular flexibility index (Phi) is 11.2. The second-order valence-electron chi connectivity index (χ2n) is 13.4. The van der Waals surface area contributed by atoms with Crippen molar-refractivity contribution < 1.29 is 34.1 Å². The molecule has 0 aromatic carbocycles. The second kappa shape index (κ2) is 13.0. The van der Waals surface area contributed by atoms with Gasteiger partial charge in [-0.25, -0.2) is 0 Å². The third-order valence-corrected chi connectivity index (χ3v) is 9.15. The van der Waals surface area contributed by atoms with Crippen LogP contribution in [0.3, 0.4) is 0 Å². The summed E-state index contributed by atoms with van der Waals surface area (Å²) >= 11 is 0. The fourth-order valence-corrected chi connectivity index (χ4v) is 7.11. The van der Waals surface area contributed by atoms with Crippen LogP contribution in [-0.2, 0) is 23.9 Å². The highest BCUT2D eigenvalue weighted by atomic mass is 16.6. The van der Waals surface area contributed by atoms with Crippen molar-refractivity contribution in [1.82, 2.24) is 5.32 Å². The Bertz CT molecular complexity index is 877. The van der Waals surface area contributed by atoms with E-state index < -0.39 is 47.1 Å². The number of hydrogen-bond donors (Lipinski definition) is 3. The molecule has 1 unspecified atom stereocenters. The molecule has 2 aliphatic rings. The highest BCUT2D eigenvalue weighted by Crippen LogP contribution is 2.46. The van der Waals surface area contributed by atoms with Crippen LogP contribution in [0.5, 0.6) is 0 Å². The van der Waals surface area contributed by atoms with Gasteiger partial charge in [0.2, 0.25) is 0 Å². The number of nitrogens with zero attached hydrogens (tertiary/aromatic N) is 1. The van der Waals surface area contributed by atoms with E-state index in [9.17, 15) is 19.8 Å². The van der Waals surface area contributed by atoms with Crippen molar-refractivity contribution in [2.75, 3.05) is 20.2 Å². The lowest BCUT2D eigenvalue weighted by Crippen LogP contribution is -2.57. The molecule has 3 N–H and O–H groups in total. The molecule has 0 aliphatic carbocycles. The Morgan fingerprint density at radius 1 is 1.13 bits per heavy atom. The summed E-state index contributed by atoms with van der Waals surface area (Å²) in [7, 11) is 1.65. The number of ether oxygens (including phenoxy) is 2. The average molecular weight is 555 g/mol. The van der Waals surface area contributed by atoms with E-state index in [0.717, 1.165) is 13.0 Å². The molecule has 0 aromatic heterocycles. The van der Waals surface area contributed by atoms with E-state index in [0.29, 0.717) is 18.7 Å². The van der Waals surface area contributed by atoms with Gasteiger partial charge < -0.3 is 29.8 Å². The normalized spacial score (nSPS) is 42.7. The van der Waals surface area contributed by atoms with Crippen molar-refractivity contribution in [2.45, 2.75) is 118 Å². The molecule has 0 spiro atoms. The molecule has 2 saturated heterocycles. The van der Waals surface area contributed by atoms with Crippen LogP contribution in [-0.4, -0.2) is 77.4 Å². The lowest BCUT2D eigenvalue weighted by molar-refractivity contribution is -0.187. The minimum Gasteiger partial charge on any atom is -0.459 e. The van der Waals surface area contributed by atoms with Gasteiger partial charge in [0.05, 0.1) is 17.4 Å². The van der Waals surface area contributed by atoms with Gasteiger partial charge in [0, 0.05) is 43.7 Å². The Morgan fingerprint density at radius 3 is 2.23 bits per heavy atom. The van der Waals surface area contributed by atoms with Gasteiger partial charge in [0.15, 0.2) is 0 Å². The quantitative estimate of drug-likeness (QED) is 0.273. The molecule has 0 radical (unpaired) electrons. The Morgan fingerprint density at radius 2 is 1.74 bits per heavy atom. The number of oxime groups is 1. The van der Waals surface area contributed by atoms with Gasteiger partial charge in [-0.3, -0.25) is 9.59 Å². The number of nitrogens with one attached hydrogen (secondary N) is 1. The zero-order chi connectivity index (χ0) is 29.9. The van der Waals surface area contributed by atoms with Crippen LogP contribution in [0.4, 0.5) is 0 Å². The van der Waals surface area contributed by atoms with Crippen molar-refractivity contribution in [1.29, 1.82) is 0 Å². The van der Waals surface area contributed by atoms with Gasteiger partial charge in [-0.2, -0.15) is 0 Å². The molecule has 226 valence electrons. The van der Waals surface area contributed by atoms with Crippen LogP contribution in [0.25, 0.3) is 0 Å². The van der Waals surface area contributed by atoms with Crippen molar-refractivity contribution in [2.24, 2.45) is 40.2 Å². The van der Waals surface area contributed by atoms with Crippen LogP contribution in [0.2, 0.25) is 0 Å². The average Bonchev–Trinajstić information content (AvgIpc) is 3.37. The number of carbonyl (C=O) groups excluding carboxylic acids is 2. The van der Waals surface area contributed by atoms with Crippen LogP contribution < -0.4 is 5.32 Å². The smallest absolute Gasteiger partial charge is 0.316 e. The first-order chi connectivity index (χ1) is 17.9. The van der Waals surface area contributed by atoms with E-state index in [1.54, 1.807) is 21.0 Å². The molecular weight excluding hydrogens is 500 g/mol. The third kappa shape index (κ3) is 7.40. The molecule has 9 heteroatoms.